The molecule has 0 aliphatic carbocycles. The van der Waals surface area contributed by atoms with Gasteiger partial charge in [-0.2, -0.15) is 13.2 Å². The van der Waals surface area contributed by atoms with E-state index in [-0.39, 0.29) is 23.1 Å². The van der Waals surface area contributed by atoms with Crippen LogP contribution >= 0.6 is 11.6 Å². The molecule has 1 rings (SSSR count). The van der Waals surface area contributed by atoms with E-state index in [1.54, 1.807) is 13.8 Å². The summed E-state index contributed by atoms with van der Waals surface area (Å²) in [5.74, 6) is 0.124. The number of ether oxygens (including phenoxy) is 2. The van der Waals surface area contributed by atoms with Gasteiger partial charge in [0.2, 0.25) is 0 Å². The molecule has 0 saturated carbocycles. The molecule has 0 amide bonds. The second-order valence-electron chi connectivity index (χ2n) is 4.36. The van der Waals surface area contributed by atoms with Crippen molar-refractivity contribution in [2.24, 2.45) is 0 Å². The summed E-state index contributed by atoms with van der Waals surface area (Å²) in [5, 5.41) is 10.1. The van der Waals surface area contributed by atoms with E-state index in [9.17, 15) is 18.3 Å². The van der Waals surface area contributed by atoms with Crippen molar-refractivity contribution < 1.29 is 27.8 Å². The van der Waals surface area contributed by atoms with E-state index in [1.165, 1.54) is 13.0 Å². The zero-order valence-corrected chi connectivity index (χ0v) is 12.8. The highest BCUT2D eigenvalue weighted by Gasteiger charge is 2.55. The fraction of sp³-hybridized carbons (Fsp3) is 0.571. The molecule has 1 aromatic rings. The van der Waals surface area contributed by atoms with Gasteiger partial charge in [-0.1, -0.05) is 18.5 Å². The predicted octanol–water partition coefficient (Wildman–Crippen LogP) is 4.30. The maximum absolute atomic E-state index is 13.2. The molecular weight excluding hydrogens is 309 g/mol. The predicted molar refractivity (Wildman–Crippen MR) is 74.0 cm³/mol. The Morgan fingerprint density at radius 2 is 1.57 bits per heavy atom. The third-order valence-corrected chi connectivity index (χ3v) is 3.36. The third-order valence-electron chi connectivity index (χ3n) is 3.06. The van der Waals surface area contributed by atoms with Gasteiger partial charge in [0.15, 0.2) is 5.60 Å². The number of halogens is 4. The molecule has 0 saturated heterocycles. The third kappa shape index (κ3) is 3.55. The molecule has 1 aromatic carbocycles. The molecule has 7 heteroatoms. The molecule has 3 nitrogen and oxygen atoms in total. The Balaban J connectivity index is 3.49. The number of aliphatic hydroxyl groups is 1. The van der Waals surface area contributed by atoms with Crippen molar-refractivity contribution in [1.29, 1.82) is 0 Å². The summed E-state index contributed by atoms with van der Waals surface area (Å²) in [6.45, 7) is 5.06. The molecule has 0 heterocycles. The Morgan fingerprint density at radius 3 is 2.00 bits per heavy atom. The van der Waals surface area contributed by atoms with Crippen LogP contribution in [0.2, 0.25) is 5.02 Å². The van der Waals surface area contributed by atoms with E-state index >= 15 is 0 Å². The van der Waals surface area contributed by atoms with Gasteiger partial charge in [-0.3, -0.25) is 0 Å². The summed E-state index contributed by atoms with van der Waals surface area (Å²) < 4.78 is 50.1. The van der Waals surface area contributed by atoms with Crippen LogP contribution in [0.5, 0.6) is 11.5 Å². The minimum absolute atomic E-state index is 0.00794. The minimum atomic E-state index is -4.84. The fourth-order valence-corrected chi connectivity index (χ4v) is 2.16. The van der Waals surface area contributed by atoms with Crippen LogP contribution in [-0.4, -0.2) is 24.5 Å². The Labute approximate surface area is 126 Å². The van der Waals surface area contributed by atoms with Crippen molar-refractivity contribution in [2.75, 3.05) is 13.2 Å². The summed E-state index contributed by atoms with van der Waals surface area (Å²) in [7, 11) is 0. The molecule has 0 radical (unpaired) electrons. The average Bonchev–Trinajstić information content (AvgIpc) is 2.40. The van der Waals surface area contributed by atoms with Gasteiger partial charge < -0.3 is 14.6 Å². The number of rotatable bonds is 6. The average molecular weight is 327 g/mol. The van der Waals surface area contributed by atoms with Gasteiger partial charge in [0.25, 0.3) is 0 Å². The Hall–Kier alpha value is -1.14. The topological polar surface area (TPSA) is 38.7 Å². The van der Waals surface area contributed by atoms with Crippen LogP contribution in [0.1, 0.15) is 32.8 Å². The second kappa shape index (κ2) is 6.75. The van der Waals surface area contributed by atoms with Crippen molar-refractivity contribution in [3.8, 4) is 11.5 Å². The molecule has 1 N–H and O–H groups in total. The SMILES string of the molecule is CCOc1cc(OCC)c(C(O)(CC)C(F)(F)F)cc1Cl. The minimum Gasteiger partial charge on any atom is -0.493 e. The molecule has 0 aliphatic heterocycles. The molecule has 1 unspecified atom stereocenters. The first-order valence-electron chi connectivity index (χ1n) is 6.59. The molecule has 21 heavy (non-hydrogen) atoms. The summed E-state index contributed by atoms with van der Waals surface area (Å²) in [6.07, 6.45) is -5.40. The summed E-state index contributed by atoms with van der Waals surface area (Å²) >= 11 is 5.93. The zero-order chi connectivity index (χ0) is 16.3. The van der Waals surface area contributed by atoms with Gasteiger partial charge in [0.1, 0.15) is 11.5 Å². The Bertz CT molecular complexity index is 491. The van der Waals surface area contributed by atoms with Crippen LogP contribution < -0.4 is 9.47 Å². The lowest BCUT2D eigenvalue weighted by atomic mass is 9.89. The summed E-state index contributed by atoms with van der Waals surface area (Å²) in [6, 6.07) is 2.32. The molecular formula is C14H18ClF3O3. The number of alkyl halides is 3. The fourth-order valence-electron chi connectivity index (χ4n) is 1.94. The first-order chi connectivity index (χ1) is 9.71. The van der Waals surface area contributed by atoms with Gasteiger partial charge >= 0.3 is 6.18 Å². The van der Waals surface area contributed by atoms with E-state index in [0.717, 1.165) is 6.07 Å². The molecule has 0 aromatic heterocycles. The highest BCUT2D eigenvalue weighted by atomic mass is 35.5. The molecule has 1 atom stereocenters. The Morgan fingerprint density at radius 1 is 1.05 bits per heavy atom. The standard InChI is InChI=1S/C14H18ClF3O3/c1-4-13(19,14(16,17)18)9-7-10(15)12(21-6-3)8-11(9)20-5-2/h7-8,19H,4-6H2,1-3H3. The van der Waals surface area contributed by atoms with Crippen LogP contribution in [0.4, 0.5) is 13.2 Å². The molecule has 0 aliphatic rings. The van der Waals surface area contributed by atoms with Gasteiger partial charge in [-0.25, -0.2) is 0 Å². The molecule has 120 valence electrons. The Kier molecular flexibility index (Phi) is 5.75. The van der Waals surface area contributed by atoms with Crippen molar-refractivity contribution >= 4 is 11.6 Å². The number of hydrogen-bond acceptors (Lipinski definition) is 3. The monoisotopic (exact) mass is 326 g/mol. The normalized spacial score (nSPS) is 14.7. The van der Waals surface area contributed by atoms with E-state index in [1.807, 2.05) is 0 Å². The maximum Gasteiger partial charge on any atom is 0.421 e. The largest absolute Gasteiger partial charge is 0.493 e. The second-order valence-corrected chi connectivity index (χ2v) is 4.76. The summed E-state index contributed by atoms with van der Waals surface area (Å²) in [5.41, 5.74) is -3.43. The van der Waals surface area contributed by atoms with Crippen molar-refractivity contribution in [2.45, 2.75) is 39.0 Å². The van der Waals surface area contributed by atoms with Gasteiger partial charge in [0, 0.05) is 11.6 Å². The lowest BCUT2D eigenvalue weighted by Crippen LogP contribution is -2.42. The van der Waals surface area contributed by atoms with Crippen LogP contribution in [-0.2, 0) is 5.60 Å². The van der Waals surface area contributed by atoms with Gasteiger partial charge in [0.05, 0.1) is 18.2 Å². The van der Waals surface area contributed by atoms with E-state index < -0.39 is 23.8 Å². The van der Waals surface area contributed by atoms with Gasteiger partial charge in [-0.05, 0) is 26.3 Å². The van der Waals surface area contributed by atoms with Crippen molar-refractivity contribution in [3.05, 3.63) is 22.7 Å². The number of benzene rings is 1. The quantitative estimate of drug-likeness (QED) is 0.847. The van der Waals surface area contributed by atoms with Crippen LogP contribution in [0, 0.1) is 0 Å². The smallest absolute Gasteiger partial charge is 0.421 e. The lowest BCUT2D eigenvalue weighted by molar-refractivity contribution is -0.268. The van der Waals surface area contributed by atoms with Crippen LogP contribution in [0.25, 0.3) is 0 Å². The highest BCUT2D eigenvalue weighted by Crippen LogP contribution is 2.47. The van der Waals surface area contributed by atoms with E-state index in [4.69, 9.17) is 21.1 Å². The first-order valence-corrected chi connectivity index (χ1v) is 6.97. The van der Waals surface area contributed by atoms with Gasteiger partial charge in [-0.15, -0.1) is 0 Å². The van der Waals surface area contributed by atoms with Crippen molar-refractivity contribution in [1.82, 2.24) is 0 Å². The van der Waals surface area contributed by atoms with Crippen molar-refractivity contribution in [3.63, 3.8) is 0 Å². The molecule has 0 bridgehead atoms. The van der Waals surface area contributed by atoms with E-state index in [0.29, 0.717) is 6.61 Å². The number of hydrogen-bond donors (Lipinski definition) is 1. The molecule has 0 spiro atoms. The summed E-state index contributed by atoms with van der Waals surface area (Å²) in [4.78, 5) is 0. The maximum atomic E-state index is 13.2. The van der Waals surface area contributed by atoms with Crippen LogP contribution in [0.15, 0.2) is 12.1 Å². The first kappa shape index (κ1) is 17.9. The van der Waals surface area contributed by atoms with E-state index in [2.05, 4.69) is 0 Å². The zero-order valence-electron chi connectivity index (χ0n) is 12.1. The highest BCUT2D eigenvalue weighted by molar-refractivity contribution is 6.32. The lowest BCUT2D eigenvalue weighted by Gasteiger charge is -2.31. The molecule has 0 fully saturated rings. The van der Waals surface area contributed by atoms with Crippen LogP contribution in [0.3, 0.4) is 0 Å².